The van der Waals surface area contributed by atoms with Gasteiger partial charge in [0, 0.05) is 24.5 Å². The minimum absolute atomic E-state index is 0.493. The number of allylic oxidation sites excluding steroid dienone is 1. The summed E-state index contributed by atoms with van der Waals surface area (Å²) >= 11 is 0. The van der Waals surface area contributed by atoms with Gasteiger partial charge >= 0.3 is 0 Å². The Morgan fingerprint density at radius 2 is 2.46 bits per heavy atom. The molecule has 2 aliphatic rings. The van der Waals surface area contributed by atoms with E-state index in [2.05, 4.69) is 35.6 Å². The molecule has 0 aromatic heterocycles. The molecule has 13 heavy (non-hydrogen) atoms. The summed E-state index contributed by atoms with van der Waals surface area (Å²) in [6, 6.07) is 0.633. The fraction of sp³-hybridized carbons (Fsp3) is 0.800. The second kappa shape index (κ2) is 3.58. The molecule has 2 aliphatic heterocycles. The quantitative estimate of drug-likeness (QED) is 0.661. The smallest absolute Gasteiger partial charge is 0.114 e. The fourth-order valence-electron chi connectivity index (χ4n) is 2.36. The van der Waals surface area contributed by atoms with Crippen molar-refractivity contribution in [1.82, 2.24) is 15.5 Å². The maximum atomic E-state index is 3.55. The van der Waals surface area contributed by atoms with Gasteiger partial charge < -0.3 is 15.5 Å². The molecule has 0 saturated carbocycles. The first kappa shape index (κ1) is 8.88. The van der Waals surface area contributed by atoms with Crippen molar-refractivity contribution in [2.75, 3.05) is 13.1 Å². The van der Waals surface area contributed by atoms with Gasteiger partial charge in [0.1, 0.15) is 6.17 Å². The summed E-state index contributed by atoms with van der Waals surface area (Å²) in [6.45, 7) is 6.66. The summed E-state index contributed by atoms with van der Waals surface area (Å²) in [4.78, 5) is 2.43. The normalized spacial score (nSPS) is 33.4. The van der Waals surface area contributed by atoms with Gasteiger partial charge in [-0.3, -0.25) is 0 Å². The maximum absolute atomic E-state index is 3.55. The Morgan fingerprint density at radius 3 is 3.08 bits per heavy atom. The topological polar surface area (TPSA) is 27.3 Å². The Hall–Kier alpha value is -0.700. The van der Waals surface area contributed by atoms with Gasteiger partial charge in [-0.05, 0) is 33.2 Å². The van der Waals surface area contributed by atoms with Gasteiger partial charge in [0.15, 0.2) is 0 Å². The Kier molecular flexibility index (Phi) is 2.44. The van der Waals surface area contributed by atoms with Crippen LogP contribution in [0.25, 0.3) is 0 Å². The monoisotopic (exact) mass is 181 g/mol. The lowest BCUT2D eigenvalue weighted by atomic mass is 10.1. The van der Waals surface area contributed by atoms with Crippen molar-refractivity contribution < 1.29 is 0 Å². The standard InChI is InChI=1S/C10H19N3/c1-3-13-8(2)7-12-10(13)9-5-4-6-11-9/h7,9-12H,3-6H2,1-2H3. The zero-order chi connectivity index (χ0) is 9.26. The molecular formula is C10H19N3. The van der Waals surface area contributed by atoms with E-state index < -0.39 is 0 Å². The van der Waals surface area contributed by atoms with Crippen molar-refractivity contribution >= 4 is 0 Å². The zero-order valence-electron chi connectivity index (χ0n) is 8.51. The zero-order valence-corrected chi connectivity index (χ0v) is 8.51. The fourth-order valence-corrected chi connectivity index (χ4v) is 2.36. The van der Waals surface area contributed by atoms with E-state index in [1.165, 1.54) is 25.1 Å². The lowest BCUT2D eigenvalue weighted by Gasteiger charge is -2.31. The molecule has 2 rings (SSSR count). The first-order valence-corrected chi connectivity index (χ1v) is 5.25. The highest BCUT2D eigenvalue weighted by Crippen LogP contribution is 2.20. The highest BCUT2D eigenvalue weighted by Gasteiger charge is 2.31. The number of hydrogen-bond acceptors (Lipinski definition) is 3. The van der Waals surface area contributed by atoms with Crippen molar-refractivity contribution in [3.05, 3.63) is 11.9 Å². The third kappa shape index (κ3) is 1.53. The lowest BCUT2D eigenvalue weighted by Crippen LogP contribution is -2.49. The molecule has 2 N–H and O–H groups in total. The van der Waals surface area contributed by atoms with Crippen molar-refractivity contribution in [1.29, 1.82) is 0 Å². The summed E-state index contributed by atoms with van der Waals surface area (Å²) in [5.74, 6) is 0. The van der Waals surface area contributed by atoms with Gasteiger partial charge in [-0.15, -0.1) is 0 Å². The number of nitrogens with zero attached hydrogens (tertiary/aromatic N) is 1. The van der Waals surface area contributed by atoms with Crippen LogP contribution in [0.3, 0.4) is 0 Å². The van der Waals surface area contributed by atoms with E-state index in [-0.39, 0.29) is 0 Å². The van der Waals surface area contributed by atoms with Gasteiger partial charge in [0.05, 0.1) is 0 Å². The number of likely N-dealkylation sites (N-methyl/N-ethyl adjacent to an activating group) is 1. The molecule has 0 spiro atoms. The van der Waals surface area contributed by atoms with Gasteiger partial charge in [-0.1, -0.05) is 0 Å². The van der Waals surface area contributed by atoms with E-state index in [0.29, 0.717) is 12.2 Å². The average Bonchev–Trinajstić information content (AvgIpc) is 2.71. The van der Waals surface area contributed by atoms with E-state index in [4.69, 9.17) is 0 Å². The second-order valence-corrected chi connectivity index (χ2v) is 3.89. The van der Waals surface area contributed by atoms with Crippen LogP contribution >= 0.6 is 0 Å². The molecular weight excluding hydrogens is 162 g/mol. The maximum Gasteiger partial charge on any atom is 0.114 e. The van der Waals surface area contributed by atoms with Crippen LogP contribution in [-0.4, -0.2) is 30.2 Å². The van der Waals surface area contributed by atoms with Crippen molar-refractivity contribution in [2.45, 2.75) is 38.9 Å². The van der Waals surface area contributed by atoms with Crippen LogP contribution in [0.2, 0.25) is 0 Å². The third-order valence-corrected chi connectivity index (χ3v) is 3.07. The van der Waals surface area contributed by atoms with Gasteiger partial charge in [0.2, 0.25) is 0 Å². The summed E-state index contributed by atoms with van der Waals surface area (Å²) in [6.07, 6.45) is 5.25. The molecule has 74 valence electrons. The highest BCUT2D eigenvalue weighted by atomic mass is 15.3. The van der Waals surface area contributed by atoms with Crippen LogP contribution in [0, 0.1) is 0 Å². The number of rotatable bonds is 2. The van der Waals surface area contributed by atoms with Crippen molar-refractivity contribution in [2.24, 2.45) is 0 Å². The lowest BCUT2D eigenvalue weighted by molar-refractivity contribution is 0.223. The summed E-state index contributed by atoms with van der Waals surface area (Å²) in [5.41, 5.74) is 1.36. The Bertz CT molecular complexity index is 206. The summed E-state index contributed by atoms with van der Waals surface area (Å²) in [7, 11) is 0. The van der Waals surface area contributed by atoms with E-state index in [9.17, 15) is 0 Å². The molecule has 1 saturated heterocycles. The molecule has 0 aromatic carbocycles. The Morgan fingerprint density at radius 1 is 1.62 bits per heavy atom. The van der Waals surface area contributed by atoms with E-state index in [1.807, 2.05) is 0 Å². The largest absolute Gasteiger partial charge is 0.369 e. The van der Waals surface area contributed by atoms with E-state index in [0.717, 1.165) is 6.54 Å². The molecule has 0 aliphatic carbocycles. The number of nitrogens with one attached hydrogen (secondary N) is 2. The Labute approximate surface area is 80.2 Å². The predicted molar refractivity (Wildman–Crippen MR) is 54.1 cm³/mol. The molecule has 3 heteroatoms. The van der Waals surface area contributed by atoms with Crippen LogP contribution in [0.4, 0.5) is 0 Å². The van der Waals surface area contributed by atoms with Crippen LogP contribution < -0.4 is 10.6 Å². The number of hydrogen-bond donors (Lipinski definition) is 2. The SMILES string of the molecule is CCN1C(C)=CNC1C1CCCN1. The van der Waals surface area contributed by atoms with Gasteiger partial charge in [-0.2, -0.15) is 0 Å². The van der Waals surface area contributed by atoms with Crippen LogP contribution in [0.1, 0.15) is 26.7 Å². The van der Waals surface area contributed by atoms with E-state index in [1.54, 1.807) is 0 Å². The molecule has 2 atom stereocenters. The summed E-state index contributed by atoms with van der Waals surface area (Å²) in [5, 5.41) is 7.00. The average molecular weight is 181 g/mol. The minimum atomic E-state index is 0.493. The molecule has 0 bridgehead atoms. The highest BCUT2D eigenvalue weighted by molar-refractivity contribution is 5.08. The van der Waals surface area contributed by atoms with Crippen molar-refractivity contribution in [3.8, 4) is 0 Å². The molecule has 2 heterocycles. The van der Waals surface area contributed by atoms with Gasteiger partial charge in [0.25, 0.3) is 0 Å². The van der Waals surface area contributed by atoms with E-state index >= 15 is 0 Å². The third-order valence-electron chi connectivity index (χ3n) is 3.07. The second-order valence-electron chi connectivity index (χ2n) is 3.89. The Balaban J connectivity index is 2.00. The first-order valence-electron chi connectivity index (χ1n) is 5.25. The molecule has 0 amide bonds. The van der Waals surface area contributed by atoms with Crippen LogP contribution in [0.5, 0.6) is 0 Å². The summed E-state index contributed by atoms with van der Waals surface area (Å²) < 4.78 is 0. The molecule has 0 radical (unpaired) electrons. The minimum Gasteiger partial charge on any atom is -0.369 e. The van der Waals surface area contributed by atoms with Gasteiger partial charge in [-0.25, -0.2) is 0 Å². The first-order chi connectivity index (χ1) is 6.33. The predicted octanol–water partition coefficient (Wildman–Crippen LogP) is 0.851. The van der Waals surface area contributed by atoms with Crippen molar-refractivity contribution in [3.63, 3.8) is 0 Å². The molecule has 3 nitrogen and oxygen atoms in total. The molecule has 0 aromatic rings. The molecule has 1 fully saturated rings. The van der Waals surface area contributed by atoms with Crippen LogP contribution in [-0.2, 0) is 0 Å². The van der Waals surface area contributed by atoms with Crippen LogP contribution in [0.15, 0.2) is 11.9 Å². The molecule has 2 unspecified atom stereocenters.